The molecule has 3 nitrogen and oxygen atoms in total. The van der Waals surface area contributed by atoms with Crippen molar-refractivity contribution in [2.45, 2.75) is 0 Å². The summed E-state index contributed by atoms with van der Waals surface area (Å²) in [6.07, 6.45) is 1.43. The number of hydrogen-bond donors (Lipinski definition) is 0. The van der Waals surface area contributed by atoms with Crippen LogP contribution in [0.3, 0.4) is 0 Å². The molecule has 0 radical (unpaired) electrons. The van der Waals surface area contributed by atoms with E-state index in [2.05, 4.69) is 4.98 Å². The predicted octanol–water partition coefficient (Wildman–Crippen LogP) is 4.38. The highest BCUT2D eigenvalue weighted by Crippen LogP contribution is 2.32. The van der Waals surface area contributed by atoms with E-state index in [1.54, 1.807) is 0 Å². The van der Waals surface area contributed by atoms with Crippen molar-refractivity contribution in [3.05, 3.63) is 41.7 Å². The lowest BCUT2D eigenvalue weighted by Gasteiger charge is -1.89. The summed E-state index contributed by atoms with van der Waals surface area (Å²) in [6.45, 7) is 0. The molecule has 4 heteroatoms. The van der Waals surface area contributed by atoms with Gasteiger partial charge in [0.15, 0.2) is 12.0 Å². The molecule has 82 valence electrons. The van der Waals surface area contributed by atoms with Crippen LogP contribution in [0.2, 0.25) is 5.02 Å². The summed E-state index contributed by atoms with van der Waals surface area (Å²) in [7, 11) is 0. The number of halogens is 1. The van der Waals surface area contributed by atoms with Crippen LogP contribution < -0.4 is 0 Å². The van der Waals surface area contributed by atoms with Gasteiger partial charge in [0.1, 0.15) is 16.7 Å². The molecule has 0 bridgehead atoms. The summed E-state index contributed by atoms with van der Waals surface area (Å²) < 4.78 is 11.0. The van der Waals surface area contributed by atoms with E-state index in [1.165, 1.54) is 6.39 Å². The second-order valence-electron chi connectivity index (χ2n) is 3.91. The van der Waals surface area contributed by atoms with Crippen molar-refractivity contribution < 1.29 is 8.83 Å². The molecule has 0 saturated carbocycles. The molecule has 4 rings (SSSR count). The van der Waals surface area contributed by atoms with Gasteiger partial charge in [0.05, 0.1) is 0 Å². The van der Waals surface area contributed by atoms with E-state index in [-0.39, 0.29) is 0 Å². The zero-order valence-corrected chi connectivity index (χ0v) is 9.36. The smallest absolute Gasteiger partial charge is 0.181 e. The van der Waals surface area contributed by atoms with E-state index in [4.69, 9.17) is 20.4 Å². The van der Waals surface area contributed by atoms with Crippen LogP contribution >= 0.6 is 11.6 Å². The molecular weight excluding hydrogens is 238 g/mol. The summed E-state index contributed by atoms with van der Waals surface area (Å²) in [5, 5.41) is 2.71. The summed E-state index contributed by atoms with van der Waals surface area (Å²) in [5.41, 5.74) is 3.13. The van der Waals surface area contributed by atoms with Crippen LogP contribution in [0.1, 0.15) is 0 Å². The van der Waals surface area contributed by atoms with Gasteiger partial charge in [-0.3, -0.25) is 0 Å². The molecule has 17 heavy (non-hydrogen) atoms. The Kier molecular flexibility index (Phi) is 1.61. The Labute approximate surface area is 101 Å². The lowest BCUT2D eigenvalue weighted by Crippen LogP contribution is -1.69. The lowest BCUT2D eigenvalue weighted by atomic mass is 10.1. The zero-order chi connectivity index (χ0) is 11.4. The third-order valence-electron chi connectivity index (χ3n) is 2.89. The van der Waals surface area contributed by atoms with Gasteiger partial charge in [-0.15, -0.1) is 0 Å². The molecule has 2 aromatic heterocycles. The number of nitrogens with zero attached hydrogens (tertiary/aromatic N) is 1. The second-order valence-corrected chi connectivity index (χ2v) is 4.35. The standard InChI is InChI=1S/C13H6ClNO2/c14-7-1-2-8-9-4-13-10(15-6-16-13)5-12(9)17-11(8)3-7/h1-6H. The van der Waals surface area contributed by atoms with Crippen LogP contribution in [-0.2, 0) is 0 Å². The first-order valence-corrected chi connectivity index (χ1v) is 5.54. The third kappa shape index (κ3) is 1.20. The first-order valence-electron chi connectivity index (χ1n) is 5.16. The Morgan fingerprint density at radius 2 is 1.82 bits per heavy atom. The van der Waals surface area contributed by atoms with Crippen LogP contribution in [0.15, 0.2) is 45.6 Å². The number of furan rings is 1. The van der Waals surface area contributed by atoms with E-state index in [0.717, 1.165) is 33.0 Å². The van der Waals surface area contributed by atoms with E-state index in [9.17, 15) is 0 Å². The SMILES string of the molecule is Clc1ccc2c(c1)oc1cc3ncoc3cc12. The maximum absolute atomic E-state index is 5.94. The molecule has 0 aliphatic carbocycles. The third-order valence-corrected chi connectivity index (χ3v) is 3.12. The van der Waals surface area contributed by atoms with Crippen LogP contribution in [0.5, 0.6) is 0 Å². The summed E-state index contributed by atoms with van der Waals surface area (Å²) in [6, 6.07) is 9.43. The monoisotopic (exact) mass is 243 g/mol. The molecule has 0 fully saturated rings. The highest BCUT2D eigenvalue weighted by atomic mass is 35.5. The highest BCUT2D eigenvalue weighted by molar-refractivity contribution is 6.31. The molecule has 0 unspecified atom stereocenters. The Morgan fingerprint density at radius 3 is 2.76 bits per heavy atom. The van der Waals surface area contributed by atoms with E-state index in [0.29, 0.717) is 5.02 Å². The van der Waals surface area contributed by atoms with Gasteiger partial charge in [-0.05, 0) is 18.2 Å². The molecule has 0 aliphatic heterocycles. The van der Waals surface area contributed by atoms with Crippen molar-refractivity contribution in [3.8, 4) is 0 Å². The minimum Gasteiger partial charge on any atom is -0.456 e. The normalized spacial score (nSPS) is 11.8. The van der Waals surface area contributed by atoms with Crippen molar-refractivity contribution in [1.82, 2.24) is 4.98 Å². The van der Waals surface area contributed by atoms with E-state index in [1.807, 2.05) is 30.3 Å². The van der Waals surface area contributed by atoms with Gasteiger partial charge in [-0.1, -0.05) is 11.6 Å². The van der Waals surface area contributed by atoms with Gasteiger partial charge < -0.3 is 8.83 Å². The number of rotatable bonds is 0. The van der Waals surface area contributed by atoms with E-state index >= 15 is 0 Å². The van der Waals surface area contributed by atoms with Gasteiger partial charge >= 0.3 is 0 Å². The van der Waals surface area contributed by atoms with Gasteiger partial charge in [0.25, 0.3) is 0 Å². The quantitative estimate of drug-likeness (QED) is 0.460. The molecule has 2 aromatic carbocycles. The van der Waals surface area contributed by atoms with Gasteiger partial charge in [-0.2, -0.15) is 0 Å². The minimum atomic E-state index is 0.665. The van der Waals surface area contributed by atoms with Crippen LogP contribution in [-0.4, -0.2) is 4.98 Å². The fourth-order valence-corrected chi connectivity index (χ4v) is 2.26. The number of hydrogen-bond acceptors (Lipinski definition) is 3. The van der Waals surface area contributed by atoms with Crippen molar-refractivity contribution >= 4 is 44.6 Å². The Morgan fingerprint density at radius 1 is 0.941 bits per heavy atom. The molecule has 0 atom stereocenters. The van der Waals surface area contributed by atoms with Crippen LogP contribution in [0.25, 0.3) is 33.0 Å². The van der Waals surface area contributed by atoms with E-state index < -0.39 is 0 Å². The summed E-state index contributed by atoms with van der Waals surface area (Å²) in [4.78, 5) is 4.10. The predicted molar refractivity (Wildman–Crippen MR) is 66.3 cm³/mol. The lowest BCUT2D eigenvalue weighted by molar-refractivity contribution is 0.602. The highest BCUT2D eigenvalue weighted by Gasteiger charge is 2.10. The Bertz CT molecular complexity index is 860. The molecule has 0 spiro atoms. The fraction of sp³-hybridized carbons (Fsp3) is 0. The molecule has 0 saturated heterocycles. The number of aromatic nitrogens is 1. The van der Waals surface area contributed by atoms with Crippen LogP contribution in [0.4, 0.5) is 0 Å². The van der Waals surface area contributed by atoms with Gasteiger partial charge in [0, 0.05) is 27.9 Å². The first-order chi connectivity index (χ1) is 8.31. The number of benzene rings is 2. The summed E-state index contributed by atoms with van der Waals surface area (Å²) >= 11 is 5.94. The molecule has 2 heterocycles. The fourth-order valence-electron chi connectivity index (χ4n) is 2.10. The van der Waals surface area contributed by atoms with Gasteiger partial charge in [0.2, 0.25) is 0 Å². The zero-order valence-electron chi connectivity index (χ0n) is 8.61. The largest absolute Gasteiger partial charge is 0.456 e. The number of fused-ring (bicyclic) bond motifs is 4. The summed E-state index contributed by atoms with van der Waals surface area (Å²) in [5.74, 6) is 0. The molecule has 0 aliphatic rings. The maximum Gasteiger partial charge on any atom is 0.181 e. The molecule has 4 aromatic rings. The molecular formula is C13H6ClNO2. The van der Waals surface area contributed by atoms with Crippen molar-refractivity contribution in [1.29, 1.82) is 0 Å². The Balaban J connectivity index is 2.26. The average molecular weight is 244 g/mol. The number of oxazole rings is 1. The molecule has 0 N–H and O–H groups in total. The van der Waals surface area contributed by atoms with Crippen molar-refractivity contribution in [3.63, 3.8) is 0 Å². The minimum absolute atomic E-state index is 0.665. The average Bonchev–Trinajstić information content (AvgIpc) is 2.87. The maximum atomic E-state index is 5.94. The Hall–Kier alpha value is -2.00. The van der Waals surface area contributed by atoms with Gasteiger partial charge in [-0.25, -0.2) is 4.98 Å². The first kappa shape index (κ1) is 9.07. The van der Waals surface area contributed by atoms with Crippen molar-refractivity contribution in [2.75, 3.05) is 0 Å². The van der Waals surface area contributed by atoms with Crippen LogP contribution in [0, 0.1) is 0 Å². The second kappa shape index (κ2) is 3.02. The topological polar surface area (TPSA) is 39.2 Å². The van der Waals surface area contributed by atoms with Crippen molar-refractivity contribution in [2.24, 2.45) is 0 Å². The molecule has 0 amide bonds.